The molecule has 0 radical (unpaired) electrons. The number of aliphatic hydroxyl groups is 3. The van der Waals surface area contributed by atoms with Crippen LogP contribution in [0.15, 0.2) is 22.3 Å². The van der Waals surface area contributed by atoms with Gasteiger partial charge in [0.25, 0.3) is 0 Å². The fraction of sp³-hybridized carbons (Fsp3) is 0.850. The summed E-state index contributed by atoms with van der Waals surface area (Å²) in [6, 6.07) is 0. The number of Topliss-reactive ketones (excluding diaryl/α,β-unsaturated/α-hetero) is 2. The van der Waals surface area contributed by atoms with Crippen molar-refractivity contribution in [1.29, 1.82) is 0 Å². The molecule has 3 N–H and O–H groups in total. The van der Waals surface area contributed by atoms with Crippen LogP contribution < -0.4 is 0 Å². The molecule has 6 fully saturated rings. The summed E-state index contributed by atoms with van der Waals surface area (Å²) in [6.45, 7) is 44.6. The summed E-state index contributed by atoms with van der Waals surface area (Å²) in [6.07, 6.45) is -2.59. The van der Waals surface area contributed by atoms with Crippen LogP contribution in [0.4, 0.5) is 0 Å². The van der Waals surface area contributed by atoms with E-state index in [1.807, 2.05) is 96.9 Å². The van der Waals surface area contributed by atoms with Gasteiger partial charge in [-0.3, -0.25) is 24.0 Å². The molecule has 2 aliphatic heterocycles. The van der Waals surface area contributed by atoms with Crippen molar-refractivity contribution in [2.75, 3.05) is 13.2 Å². The summed E-state index contributed by atoms with van der Waals surface area (Å²) in [5, 5.41) is 37.9. The van der Waals surface area contributed by atoms with E-state index in [4.69, 9.17) is 32.5 Å². The Labute approximate surface area is 464 Å². The zero-order chi connectivity index (χ0) is 58.0. The third-order valence-electron chi connectivity index (χ3n) is 20.5. The lowest BCUT2D eigenvalue weighted by molar-refractivity contribution is -0.341. The Hall–Kier alpha value is -2.62. The molecule has 4 saturated carbocycles. The highest BCUT2D eigenvalue weighted by Gasteiger charge is 2.78. The van der Waals surface area contributed by atoms with Crippen molar-refractivity contribution in [2.45, 2.75) is 256 Å². The second kappa shape index (κ2) is 21.3. The number of esters is 3. The Bertz CT molecular complexity index is 2380. The van der Waals surface area contributed by atoms with Gasteiger partial charge in [0.05, 0.1) is 37.4 Å². The van der Waals surface area contributed by atoms with Crippen molar-refractivity contribution >= 4 is 46.1 Å². The van der Waals surface area contributed by atoms with Gasteiger partial charge in [-0.15, -0.1) is 0 Å². The topological polar surface area (TPSA) is 211 Å². The number of carbonyl (C=O) groups is 5. The van der Waals surface area contributed by atoms with E-state index in [2.05, 4.69) is 39.3 Å². The van der Waals surface area contributed by atoms with Crippen LogP contribution in [-0.4, -0.2) is 134 Å². The molecular formula is C60H102O15Si2. The highest BCUT2D eigenvalue weighted by Crippen LogP contribution is 2.68. The predicted octanol–water partition coefficient (Wildman–Crippen LogP) is 9.88. The Morgan fingerprint density at radius 3 is 1.32 bits per heavy atom. The molecule has 15 nitrogen and oxygen atoms in total. The number of rotatable bonds is 8. The van der Waals surface area contributed by atoms with Gasteiger partial charge in [-0.2, -0.15) is 0 Å². The van der Waals surface area contributed by atoms with E-state index >= 15 is 0 Å². The number of fused-ring (bicyclic) bond motifs is 10. The first-order valence-corrected chi connectivity index (χ1v) is 35.2. The van der Waals surface area contributed by atoms with E-state index in [1.165, 1.54) is 13.8 Å². The average Bonchev–Trinajstić information content (AvgIpc) is 3.29. The average molecular weight is 1120 g/mol. The SMILES string of the molecule is C.CC.CC(=O)O[C@@]12CO[C@@H]1C[C@H](C)[C@@]1(C)C(=O)[C@H](C)C3=C(C)[C@@H](O[Si](C)(C)C)C[C@@](O)([C@@H](O)C12)C3(C)C.CCC(=O)O[C@H]1C2[C@](C)(C(=O)[C@H](C)C3=C(C)[C@@H](O[Si](C)(C)C)C[C@]1(O)C3(C)C)[C@@H](C)C[C@H]1OC[C@@]21OC(C)=O. The molecule has 18 atom stereocenters. The van der Waals surface area contributed by atoms with Gasteiger partial charge in [-0.05, 0) is 100 Å². The van der Waals surface area contributed by atoms with E-state index in [0.29, 0.717) is 12.8 Å². The van der Waals surface area contributed by atoms with E-state index in [9.17, 15) is 39.3 Å². The monoisotopic (exact) mass is 1120 g/mol. The van der Waals surface area contributed by atoms with Crippen LogP contribution in [0, 0.1) is 57.2 Å². The molecule has 0 aromatic carbocycles. The highest BCUT2D eigenvalue weighted by atomic mass is 28.4. The normalized spacial score (nSPS) is 43.5. The fourth-order valence-corrected chi connectivity index (χ4v) is 18.8. The number of aliphatic hydroxyl groups excluding tert-OH is 1. The molecule has 8 aliphatic rings. The van der Waals surface area contributed by atoms with E-state index < -0.39 is 139 Å². The second-order valence-electron chi connectivity index (χ2n) is 27.5. The van der Waals surface area contributed by atoms with Crippen LogP contribution in [0.1, 0.15) is 157 Å². The van der Waals surface area contributed by atoms with Crippen molar-refractivity contribution in [2.24, 2.45) is 57.2 Å². The van der Waals surface area contributed by atoms with Gasteiger partial charge >= 0.3 is 17.9 Å². The first-order chi connectivity index (χ1) is 34.6. The Kier molecular flexibility index (Phi) is 18.0. The van der Waals surface area contributed by atoms with E-state index in [-0.39, 0.29) is 63.3 Å². The predicted molar refractivity (Wildman–Crippen MR) is 300 cm³/mol. The number of carbonyl (C=O) groups excluding carboxylic acids is 5. The molecule has 2 saturated heterocycles. The van der Waals surface area contributed by atoms with Gasteiger partial charge in [0, 0.05) is 72.5 Å². The van der Waals surface area contributed by atoms with Crippen LogP contribution in [0.5, 0.6) is 0 Å². The minimum atomic E-state index is -2.08. The smallest absolute Gasteiger partial charge is 0.305 e. The summed E-state index contributed by atoms with van der Waals surface area (Å²) in [5.74, 6) is -4.35. The van der Waals surface area contributed by atoms with Crippen LogP contribution in [-0.2, 0) is 56.5 Å². The zero-order valence-corrected chi connectivity index (χ0v) is 52.6. The number of ketones is 2. The Morgan fingerprint density at radius 2 is 0.987 bits per heavy atom. The van der Waals surface area contributed by atoms with Crippen molar-refractivity contribution in [1.82, 2.24) is 0 Å². The molecule has 77 heavy (non-hydrogen) atoms. The number of hydrogen-bond donors (Lipinski definition) is 3. The quantitative estimate of drug-likeness (QED) is 0.0894. The Morgan fingerprint density at radius 1 is 0.636 bits per heavy atom. The molecule has 8 rings (SSSR count). The third kappa shape index (κ3) is 9.80. The third-order valence-corrected chi connectivity index (χ3v) is 22.4. The summed E-state index contributed by atoms with van der Waals surface area (Å²) < 4.78 is 43.4. The lowest BCUT2D eigenvalue weighted by Crippen LogP contribution is -2.80. The van der Waals surface area contributed by atoms with Gasteiger partial charge in [0.15, 0.2) is 27.8 Å². The maximum absolute atomic E-state index is 14.8. The summed E-state index contributed by atoms with van der Waals surface area (Å²) in [7, 11) is -4.10. The van der Waals surface area contributed by atoms with Crippen molar-refractivity contribution in [3.8, 4) is 0 Å². The van der Waals surface area contributed by atoms with Gasteiger partial charge in [0.1, 0.15) is 41.1 Å². The highest BCUT2D eigenvalue weighted by molar-refractivity contribution is 6.70. The minimum Gasteiger partial charge on any atom is -0.459 e. The summed E-state index contributed by atoms with van der Waals surface area (Å²) >= 11 is 0. The van der Waals surface area contributed by atoms with Gasteiger partial charge in [-0.25, -0.2) is 0 Å². The molecular weight excluding hydrogens is 1020 g/mol. The van der Waals surface area contributed by atoms with Gasteiger partial charge in [-0.1, -0.05) is 97.4 Å². The molecule has 17 heteroatoms. The molecule has 4 bridgehead atoms. The van der Waals surface area contributed by atoms with Crippen molar-refractivity contribution < 1.29 is 71.8 Å². The maximum Gasteiger partial charge on any atom is 0.305 e. The largest absolute Gasteiger partial charge is 0.459 e. The summed E-state index contributed by atoms with van der Waals surface area (Å²) in [5.41, 5.74) is -5.81. The first-order valence-electron chi connectivity index (χ1n) is 28.4. The van der Waals surface area contributed by atoms with Crippen LogP contribution in [0.2, 0.25) is 39.3 Å². The molecule has 0 spiro atoms. The summed E-state index contributed by atoms with van der Waals surface area (Å²) in [4.78, 5) is 67.3. The zero-order valence-electron chi connectivity index (χ0n) is 50.6. The fourth-order valence-electron chi connectivity index (χ4n) is 16.6. The first kappa shape index (κ1) is 65.2. The van der Waals surface area contributed by atoms with Crippen molar-refractivity contribution in [3.63, 3.8) is 0 Å². The van der Waals surface area contributed by atoms with Gasteiger partial charge < -0.3 is 47.9 Å². The molecule has 2 heterocycles. The lowest BCUT2D eigenvalue weighted by atomic mass is 9.42. The molecule has 0 aromatic heterocycles. The van der Waals surface area contributed by atoms with E-state index in [1.54, 1.807) is 6.92 Å². The second-order valence-corrected chi connectivity index (χ2v) is 36.4. The number of hydrogen-bond acceptors (Lipinski definition) is 15. The number of ether oxygens (including phenoxy) is 5. The molecule has 0 aromatic rings. The minimum absolute atomic E-state index is 0. The maximum atomic E-state index is 14.8. The standard InChI is InChI=1S/C30H48O8Si.C27H44O7Si.C2H6.CH4/c1-12-22(32)36-26-24-28(8,16(2)13-21-29(24,15-35-21)37-19(5)31)25(33)18(4)23-17(3)20(38-39(9,10)11)14-30(26,34)27(23,6)7;1-14-11-19-26(13-32-19,33-17(4)28)21-23(30)27(31)12-18(34-35(8,9)10)15(2)20(24(27,5)6)16(3)22(29)25(14,21)7;1-2;/h16,18,20-21,24,26,34H,12-15H2,1-11H3;14,16,18-19,21,23,30-31H,11-13H2,1-10H3;1-2H3;1H4/t16-,18+,20-,21+,24?,26-,28+,29-,30+;14-,16+,18-,19+,21?,23-,25+,26-,27+;;/m00../s1. The molecule has 2 unspecified atom stereocenters. The van der Waals surface area contributed by atoms with Crippen LogP contribution in [0.25, 0.3) is 0 Å². The van der Waals surface area contributed by atoms with Crippen LogP contribution >= 0.6 is 0 Å². The van der Waals surface area contributed by atoms with Gasteiger partial charge in [0.2, 0.25) is 0 Å². The molecule has 440 valence electrons. The van der Waals surface area contributed by atoms with Crippen molar-refractivity contribution in [3.05, 3.63) is 22.3 Å². The lowest BCUT2D eigenvalue weighted by Gasteiger charge is -2.68. The van der Waals surface area contributed by atoms with E-state index in [0.717, 1.165) is 22.3 Å². The molecule has 6 aliphatic carbocycles. The molecule has 0 amide bonds. The Balaban J connectivity index is 0.000000273. The van der Waals surface area contributed by atoms with Crippen LogP contribution in [0.3, 0.4) is 0 Å².